The number of nitrogens with one attached hydrogen (secondary N) is 1. The number of hydrogen-bond acceptors (Lipinski definition) is 4. The van der Waals surface area contributed by atoms with Gasteiger partial charge in [0.05, 0.1) is 5.92 Å². The molecule has 0 saturated heterocycles. The Morgan fingerprint density at radius 1 is 1.19 bits per heavy atom. The molecule has 2 unspecified atom stereocenters. The molecule has 114 valence electrons. The first-order valence-electron chi connectivity index (χ1n) is 7.08. The van der Waals surface area contributed by atoms with E-state index in [2.05, 4.69) is 22.4 Å². The highest BCUT2D eigenvalue weighted by atomic mass is 19.1. The zero-order valence-electron chi connectivity index (χ0n) is 12.4. The van der Waals surface area contributed by atoms with E-state index in [4.69, 9.17) is 4.52 Å². The van der Waals surface area contributed by atoms with Crippen LogP contribution < -0.4 is 5.32 Å². The van der Waals surface area contributed by atoms with Crippen LogP contribution in [0.2, 0.25) is 0 Å². The lowest BCUT2D eigenvalue weighted by Crippen LogP contribution is -2.33. The molecule has 4 nitrogen and oxygen atoms in total. The molecule has 6 heteroatoms. The summed E-state index contributed by atoms with van der Waals surface area (Å²) in [5.41, 5.74) is 0.270. The molecule has 1 aromatic carbocycles. The maximum atomic E-state index is 13.2. The first-order valence-corrected chi connectivity index (χ1v) is 7.08. The van der Waals surface area contributed by atoms with E-state index in [-0.39, 0.29) is 23.3 Å². The van der Waals surface area contributed by atoms with Gasteiger partial charge in [-0.25, -0.2) is 8.78 Å². The quantitative estimate of drug-likeness (QED) is 0.886. The second-order valence-electron chi connectivity index (χ2n) is 4.98. The third kappa shape index (κ3) is 3.64. The third-order valence-electron chi connectivity index (χ3n) is 3.46. The topological polar surface area (TPSA) is 51.0 Å². The van der Waals surface area contributed by atoms with Gasteiger partial charge in [-0.15, -0.1) is 0 Å². The summed E-state index contributed by atoms with van der Waals surface area (Å²) in [6, 6.07) is 3.40. The summed E-state index contributed by atoms with van der Waals surface area (Å²) in [5, 5.41) is 7.17. The minimum absolute atomic E-state index is 0.0228. The monoisotopic (exact) mass is 295 g/mol. The summed E-state index contributed by atoms with van der Waals surface area (Å²) in [6.07, 6.45) is 0.918. The van der Waals surface area contributed by atoms with Crippen LogP contribution in [0.1, 0.15) is 39.0 Å². The smallest absolute Gasteiger partial charge is 0.231 e. The van der Waals surface area contributed by atoms with Crippen LogP contribution in [-0.4, -0.2) is 22.7 Å². The van der Waals surface area contributed by atoms with Gasteiger partial charge in [0, 0.05) is 17.7 Å². The Labute approximate surface area is 122 Å². The van der Waals surface area contributed by atoms with E-state index in [1.807, 2.05) is 13.8 Å². The zero-order valence-corrected chi connectivity index (χ0v) is 12.4. The summed E-state index contributed by atoms with van der Waals surface area (Å²) >= 11 is 0. The Balaban J connectivity index is 2.24. The van der Waals surface area contributed by atoms with Crippen molar-refractivity contribution in [2.45, 2.75) is 39.2 Å². The fourth-order valence-corrected chi connectivity index (χ4v) is 2.33. The van der Waals surface area contributed by atoms with Crippen molar-refractivity contribution in [2.24, 2.45) is 0 Å². The normalized spacial score (nSPS) is 14.1. The van der Waals surface area contributed by atoms with Gasteiger partial charge >= 0.3 is 0 Å². The number of nitrogens with zero attached hydrogens (tertiary/aromatic N) is 2. The molecule has 0 fully saturated rings. The van der Waals surface area contributed by atoms with E-state index >= 15 is 0 Å². The number of benzene rings is 1. The molecule has 0 amide bonds. The average molecular weight is 295 g/mol. The fraction of sp³-hybridized carbons (Fsp3) is 0.467. The Bertz CT molecular complexity index is 580. The maximum Gasteiger partial charge on any atom is 0.231 e. The lowest BCUT2D eigenvalue weighted by Gasteiger charge is -2.20. The molecule has 0 bridgehead atoms. The molecule has 0 saturated carbocycles. The van der Waals surface area contributed by atoms with Crippen molar-refractivity contribution in [3.05, 3.63) is 35.7 Å². The lowest BCUT2D eigenvalue weighted by molar-refractivity contribution is 0.321. The first kappa shape index (κ1) is 15.6. The maximum absolute atomic E-state index is 13.2. The Kier molecular flexibility index (Phi) is 5.01. The van der Waals surface area contributed by atoms with E-state index in [1.54, 1.807) is 0 Å². The standard InChI is InChI=1S/C15H19F2N3O/c1-4-13(18-5-2)9(3)15-19-14(20-21-15)10-6-11(16)8-12(17)7-10/h6-9,13,18H,4-5H2,1-3H3. The molecular formula is C15H19F2N3O. The molecule has 0 aliphatic rings. The lowest BCUT2D eigenvalue weighted by atomic mass is 9.99. The van der Waals surface area contributed by atoms with Gasteiger partial charge in [-0.2, -0.15) is 4.98 Å². The number of aromatic nitrogens is 2. The van der Waals surface area contributed by atoms with Crippen molar-refractivity contribution < 1.29 is 13.3 Å². The van der Waals surface area contributed by atoms with Crippen LogP contribution in [0.3, 0.4) is 0 Å². The van der Waals surface area contributed by atoms with E-state index in [0.717, 1.165) is 19.0 Å². The van der Waals surface area contributed by atoms with Crippen molar-refractivity contribution >= 4 is 0 Å². The molecular weight excluding hydrogens is 276 g/mol. The molecule has 21 heavy (non-hydrogen) atoms. The largest absolute Gasteiger partial charge is 0.339 e. The SMILES string of the molecule is CCNC(CC)C(C)c1nc(-c2cc(F)cc(F)c2)no1. The van der Waals surface area contributed by atoms with Crippen LogP contribution in [-0.2, 0) is 0 Å². The van der Waals surface area contributed by atoms with E-state index < -0.39 is 11.6 Å². The van der Waals surface area contributed by atoms with Crippen molar-refractivity contribution in [2.75, 3.05) is 6.54 Å². The van der Waals surface area contributed by atoms with Gasteiger partial charge in [0.1, 0.15) is 11.6 Å². The first-order chi connectivity index (χ1) is 10.0. The summed E-state index contributed by atoms with van der Waals surface area (Å²) in [5.74, 6) is -0.648. The molecule has 1 heterocycles. The van der Waals surface area contributed by atoms with Crippen LogP contribution in [0.25, 0.3) is 11.4 Å². The van der Waals surface area contributed by atoms with Gasteiger partial charge in [0.25, 0.3) is 0 Å². The fourth-order valence-electron chi connectivity index (χ4n) is 2.33. The Hall–Kier alpha value is -1.82. The highest BCUT2D eigenvalue weighted by molar-refractivity contribution is 5.54. The number of rotatable bonds is 6. The van der Waals surface area contributed by atoms with Gasteiger partial charge < -0.3 is 9.84 Å². The van der Waals surface area contributed by atoms with Crippen molar-refractivity contribution in [1.82, 2.24) is 15.5 Å². The summed E-state index contributed by atoms with van der Waals surface area (Å²) in [7, 11) is 0. The second-order valence-corrected chi connectivity index (χ2v) is 4.98. The Morgan fingerprint density at radius 3 is 2.43 bits per heavy atom. The molecule has 2 rings (SSSR count). The van der Waals surface area contributed by atoms with Crippen molar-refractivity contribution in [3.8, 4) is 11.4 Å². The van der Waals surface area contributed by atoms with Gasteiger partial charge in [0.2, 0.25) is 11.7 Å². The molecule has 0 aliphatic carbocycles. The van der Waals surface area contributed by atoms with Gasteiger partial charge in [0.15, 0.2) is 0 Å². The number of hydrogen-bond donors (Lipinski definition) is 1. The van der Waals surface area contributed by atoms with E-state index in [1.165, 1.54) is 12.1 Å². The minimum atomic E-state index is -0.663. The van der Waals surface area contributed by atoms with E-state index in [9.17, 15) is 8.78 Å². The van der Waals surface area contributed by atoms with Gasteiger partial charge in [-0.05, 0) is 25.1 Å². The molecule has 0 spiro atoms. The molecule has 0 aliphatic heterocycles. The summed E-state index contributed by atoms with van der Waals surface area (Å²) < 4.78 is 31.7. The van der Waals surface area contributed by atoms with Crippen LogP contribution in [0, 0.1) is 11.6 Å². The average Bonchev–Trinajstić information content (AvgIpc) is 2.92. The van der Waals surface area contributed by atoms with Crippen LogP contribution in [0.4, 0.5) is 8.78 Å². The van der Waals surface area contributed by atoms with Crippen molar-refractivity contribution in [3.63, 3.8) is 0 Å². The highest BCUT2D eigenvalue weighted by Crippen LogP contribution is 2.24. The van der Waals surface area contributed by atoms with E-state index in [0.29, 0.717) is 5.89 Å². The molecule has 1 aromatic heterocycles. The molecule has 2 atom stereocenters. The summed E-state index contributed by atoms with van der Waals surface area (Å²) in [4.78, 5) is 4.26. The predicted octanol–water partition coefficient (Wildman–Crippen LogP) is 3.51. The summed E-state index contributed by atoms with van der Waals surface area (Å²) in [6.45, 7) is 6.94. The van der Waals surface area contributed by atoms with Crippen molar-refractivity contribution in [1.29, 1.82) is 0 Å². The third-order valence-corrected chi connectivity index (χ3v) is 3.46. The number of likely N-dealkylation sites (N-methyl/N-ethyl adjacent to an activating group) is 1. The highest BCUT2D eigenvalue weighted by Gasteiger charge is 2.22. The Morgan fingerprint density at radius 2 is 1.86 bits per heavy atom. The van der Waals surface area contributed by atoms with Crippen LogP contribution in [0.15, 0.2) is 22.7 Å². The second kappa shape index (κ2) is 6.76. The van der Waals surface area contributed by atoms with Gasteiger partial charge in [-0.3, -0.25) is 0 Å². The molecule has 1 N–H and O–H groups in total. The van der Waals surface area contributed by atoms with Crippen LogP contribution in [0.5, 0.6) is 0 Å². The number of halogens is 2. The van der Waals surface area contributed by atoms with Crippen LogP contribution >= 0.6 is 0 Å². The minimum Gasteiger partial charge on any atom is -0.339 e. The molecule has 0 radical (unpaired) electrons. The molecule has 2 aromatic rings. The van der Waals surface area contributed by atoms with Gasteiger partial charge in [-0.1, -0.05) is 25.9 Å². The predicted molar refractivity (Wildman–Crippen MR) is 75.8 cm³/mol. The zero-order chi connectivity index (χ0) is 15.4.